The SMILES string of the molecule is CN[C@@](C)(CSSC[C@](C)(NC)C(=O)O)C(=O)O. The van der Waals surface area contributed by atoms with E-state index in [1.54, 1.807) is 27.9 Å². The predicted molar refractivity (Wildman–Crippen MR) is 75.1 cm³/mol. The Morgan fingerprint density at radius 3 is 1.39 bits per heavy atom. The molecule has 0 aliphatic heterocycles. The third-order valence-corrected chi connectivity index (χ3v) is 5.59. The first-order valence-corrected chi connectivity index (χ1v) is 7.79. The lowest BCUT2D eigenvalue weighted by Gasteiger charge is -2.25. The fraction of sp³-hybridized carbons (Fsp3) is 0.800. The van der Waals surface area contributed by atoms with Crippen LogP contribution >= 0.6 is 21.6 Å². The van der Waals surface area contributed by atoms with Crippen molar-refractivity contribution in [2.45, 2.75) is 24.9 Å². The average molecular weight is 296 g/mol. The lowest BCUT2D eigenvalue weighted by atomic mass is 10.1. The summed E-state index contributed by atoms with van der Waals surface area (Å²) in [6, 6.07) is 0. The molecule has 0 bridgehead atoms. The second-order valence-corrected chi connectivity index (χ2v) is 6.76. The minimum atomic E-state index is -1.00. The Labute approximate surface area is 115 Å². The summed E-state index contributed by atoms with van der Waals surface area (Å²) < 4.78 is 0. The van der Waals surface area contributed by atoms with Gasteiger partial charge in [-0.15, -0.1) is 0 Å². The predicted octanol–water partition coefficient (Wildman–Crippen LogP) is 0.493. The molecule has 0 aliphatic carbocycles. The van der Waals surface area contributed by atoms with Crippen molar-refractivity contribution in [2.24, 2.45) is 0 Å². The Morgan fingerprint density at radius 1 is 0.944 bits per heavy atom. The third kappa shape index (κ3) is 4.68. The molecule has 0 aromatic carbocycles. The Hall–Kier alpha value is -0.440. The van der Waals surface area contributed by atoms with Crippen LogP contribution in [0.25, 0.3) is 0 Å². The number of likely N-dealkylation sites (N-methyl/N-ethyl adjacent to an activating group) is 2. The van der Waals surface area contributed by atoms with Crippen molar-refractivity contribution >= 4 is 33.5 Å². The van der Waals surface area contributed by atoms with E-state index in [0.717, 1.165) is 0 Å². The van der Waals surface area contributed by atoms with Crippen molar-refractivity contribution in [3.63, 3.8) is 0 Å². The van der Waals surface area contributed by atoms with Gasteiger partial charge in [-0.3, -0.25) is 9.59 Å². The highest BCUT2D eigenvalue weighted by Crippen LogP contribution is 2.29. The Bertz CT molecular complexity index is 286. The van der Waals surface area contributed by atoms with Gasteiger partial charge in [0.25, 0.3) is 0 Å². The second-order valence-electron chi connectivity index (χ2n) is 4.30. The first kappa shape index (κ1) is 17.6. The van der Waals surface area contributed by atoms with Gasteiger partial charge in [0.15, 0.2) is 0 Å². The van der Waals surface area contributed by atoms with Crippen LogP contribution in [0.2, 0.25) is 0 Å². The zero-order valence-corrected chi connectivity index (χ0v) is 12.6. The van der Waals surface area contributed by atoms with Gasteiger partial charge in [-0.1, -0.05) is 21.6 Å². The molecule has 0 aromatic rings. The summed E-state index contributed by atoms with van der Waals surface area (Å²) in [6.07, 6.45) is 0. The van der Waals surface area contributed by atoms with E-state index in [-0.39, 0.29) is 0 Å². The zero-order chi connectivity index (χ0) is 14.4. The molecular formula is C10H20N2O4S2. The second kappa shape index (κ2) is 7.22. The summed E-state index contributed by atoms with van der Waals surface area (Å²) in [6.45, 7) is 3.19. The summed E-state index contributed by atoms with van der Waals surface area (Å²) in [4.78, 5) is 22.0. The molecule has 4 N–H and O–H groups in total. The molecule has 0 rings (SSSR count). The molecule has 18 heavy (non-hydrogen) atoms. The van der Waals surface area contributed by atoms with Gasteiger partial charge in [-0.2, -0.15) is 0 Å². The van der Waals surface area contributed by atoms with Crippen LogP contribution in [0, 0.1) is 0 Å². The summed E-state index contributed by atoms with van der Waals surface area (Å²) in [5.41, 5.74) is -2.01. The van der Waals surface area contributed by atoms with Gasteiger partial charge in [0, 0.05) is 11.5 Å². The Kier molecular flexibility index (Phi) is 7.05. The molecule has 0 unspecified atom stereocenters. The monoisotopic (exact) mass is 296 g/mol. The maximum atomic E-state index is 11.0. The highest BCUT2D eigenvalue weighted by Gasteiger charge is 2.33. The number of aliphatic carboxylic acids is 2. The van der Waals surface area contributed by atoms with E-state index in [1.165, 1.54) is 21.6 Å². The van der Waals surface area contributed by atoms with E-state index in [1.807, 2.05) is 0 Å². The number of hydrogen-bond donors (Lipinski definition) is 4. The quantitative estimate of drug-likeness (QED) is 0.360. The summed E-state index contributed by atoms with van der Waals surface area (Å²) >= 11 is 0. The van der Waals surface area contributed by atoms with Crippen molar-refractivity contribution in [3.05, 3.63) is 0 Å². The van der Waals surface area contributed by atoms with Crippen LogP contribution in [0.5, 0.6) is 0 Å². The van der Waals surface area contributed by atoms with Gasteiger partial charge < -0.3 is 20.8 Å². The van der Waals surface area contributed by atoms with Crippen LogP contribution in [-0.2, 0) is 9.59 Å². The Balaban J connectivity index is 4.21. The maximum absolute atomic E-state index is 11.0. The fourth-order valence-electron chi connectivity index (χ4n) is 0.801. The van der Waals surface area contributed by atoms with Gasteiger partial charge >= 0.3 is 11.9 Å². The minimum absolute atomic E-state index is 0.350. The molecular weight excluding hydrogens is 276 g/mol. The highest BCUT2D eigenvalue weighted by molar-refractivity contribution is 8.76. The van der Waals surface area contributed by atoms with Crippen LogP contribution in [0.1, 0.15) is 13.8 Å². The van der Waals surface area contributed by atoms with E-state index in [0.29, 0.717) is 11.5 Å². The van der Waals surface area contributed by atoms with Crippen molar-refractivity contribution < 1.29 is 19.8 Å². The van der Waals surface area contributed by atoms with Gasteiger partial charge in [0.2, 0.25) is 0 Å². The summed E-state index contributed by atoms with van der Waals surface area (Å²) in [5.74, 6) is -1.15. The van der Waals surface area contributed by atoms with E-state index in [4.69, 9.17) is 10.2 Å². The van der Waals surface area contributed by atoms with E-state index < -0.39 is 23.0 Å². The summed E-state index contributed by atoms with van der Waals surface area (Å²) in [5, 5.41) is 23.6. The van der Waals surface area contributed by atoms with E-state index >= 15 is 0 Å². The van der Waals surface area contributed by atoms with Gasteiger partial charge in [-0.05, 0) is 27.9 Å². The van der Waals surface area contributed by atoms with Gasteiger partial charge in [0.1, 0.15) is 11.1 Å². The number of rotatable bonds is 9. The maximum Gasteiger partial charge on any atom is 0.324 e. The smallest absolute Gasteiger partial charge is 0.324 e. The first-order valence-electron chi connectivity index (χ1n) is 5.31. The molecule has 0 saturated heterocycles. The van der Waals surface area contributed by atoms with Crippen molar-refractivity contribution in [2.75, 3.05) is 25.6 Å². The number of carboxylic acid groups (broad SMARTS) is 2. The fourth-order valence-corrected chi connectivity index (χ4v) is 3.89. The molecule has 0 heterocycles. The summed E-state index contributed by atoms with van der Waals surface area (Å²) in [7, 11) is 5.87. The molecule has 106 valence electrons. The number of carboxylic acids is 2. The molecule has 0 saturated carbocycles. The van der Waals surface area contributed by atoms with Crippen LogP contribution in [0.15, 0.2) is 0 Å². The molecule has 0 radical (unpaired) electrons. The first-order chi connectivity index (χ1) is 8.22. The van der Waals surface area contributed by atoms with E-state index in [2.05, 4.69) is 10.6 Å². The van der Waals surface area contributed by atoms with Crippen LogP contribution in [0.3, 0.4) is 0 Å². The standard InChI is InChI=1S/C10H20N2O4S2/c1-9(11-3,7(13)14)5-17-18-6-10(2,12-4)8(15)16/h11-12H,5-6H2,1-4H3,(H,13,14)(H,15,16)/t9-,10-/m0/s1. The molecule has 2 atom stereocenters. The largest absolute Gasteiger partial charge is 0.480 e. The van der Waals surface area contributed by atoms with Gasteiger partial charge in [0.05, 0.1) is 0 Å². The lowest BCUT2D eigenvalue weighted by molar-refractivity contribution is -0.143. The number of nitrogens with one attached hydrogen (secondary N) is 2. The average Bonchev–Trinajstić information content (AvgIpc) is 2.33. The third-order valence-electron chi connectivity index (χ3n) is 2.83. The minimum Gasteiger partial charge on any atom is -0.480 e. The lowest BCUT2D eigenvalue weighted by Crippen LogP contribution is -2.50. The normalized spacial score (nSPS) is 17.8. The number of hydrogen-bond acceptors (Lipinski definition) is 6. The topological polar surface area (TPSA) is 98.7 Å². The Morgan fingerprint density at radius 2 is 1.22 bits per heavy atom. The number of carbonyl (C=O) groups is 2. The van der Waals surface area contributed by atoms with Crippen LogP contribution in [-0.4, -0.2) is 58.8 Å². The molecule has 0 aliphatic rings. The van der Waals surface area contributed by atoms with Crippen molar-refractivity contribution in [3.8, 4) is 0 Å². The molecule has 6 nitrogen and oxygen atoms in total. The molecule has 0 aromatic heterocycles. The van der Waals surface area contributed by atoms with E-state index in [9.17, 15) is 9.59 Å². The molecule has 0 fully saturated rings. The molecule has 0 amide bonds. The highest BCUT2D eigenvalue weighted by atomic mass is 33.1. The van der Waals surface area contributed by atoms with Crippen molar-refractivity contribution in [1.82, 2.24) is 10.6 Å². The van der Waals surface area contributed by atoms with Crippen LogP contribution in [0.4, 0.5) is 0 Å². The van der Waals surface area contributed by atoms with Crippen LogP contribution < -0.4 is 10.6 Å². The molecule has 0 spiro atoms. The zero-order valence-electron chi connectivity index (χ0n) is 10.9. The molecule has 8 heteroatoms. The van der Waals surface area contributed by atoms with Gasteiger partial charge in [-0.25, -0.2) is 0 Å². The van der Waals surface area contributed by atoms with Crippen molar-refractivity contribution in [1.29, 1.82) is 0 Å².